The normalized spacial score (nSPS) is 25.8. The Balaban J connectivity index is 2.28. The molecule has 1 aromatic rings. The number of anilines is 2. The van der Waals surface area contributed by atoms with Crippen molar-refractivity contribution in [3.8, 4) is 0 Å². The molecule has 3 heteroatoms. The fourth-order valence-electron chi connectivity index (χ4n) is 2.41. The molecule has 1 aliphatic heterocycles. The molecule has 2 unspecified atom stereocenters. The summed E-state index contributed by atoms with van der Waals surface area (Å²) in [6, 6.07) is 6.96. The second-order valence-corrected chi connectivity index (χ2v) is 6.13. The maximum Gasteiger partial charge on any atom is 0.0603 e. The number of rotatable bonds is 1. The number of nitrogens with two attached hydrogens (primary N) is 1. The second kappa shape index (κ2) is 4.82. The molecule has 0 amide bonds. The first-order valence-electron chi connectivity index (χ1n) is 5.89. The van der Waals surface area contributed by atoms with Gasteiger partial charge in [0, 0.05) is 16.2 Å². The van der Waals surface area contributed by atoms with Crippen molar-refractivity contribution in [2.24, 2.45) is 5.92 Å². The first kappa shape index (κ1) is 12.0. The van der Waals surface area contributed by atoms with E-state index in [0.29, 0.717) is 6.04 Å². The third-order valence-corrected chi connectivity index (χ3v) is 4.09. The van der Waals surface area contributed by atoms with E-state index in [2.05, 4.69) is 59.5 Å². The predicted molar refractivity (Wildman–Crippen MR) is 78.8 cm³/mol. The molecular weight excluding hydrogens is 311 g/mol. The molecule has 2 atom stereocenters. The molecule has 0 radical (unpaired) electrons. The van der Waals surface area contributed by atoms with Gasteiger partial charge in [0.15, 0.2) is 0 Å². The molecule has 0 aliphatic carbocycles. The average Bonchev–Trinajstić information content (AvgIpc) is 2.22. The Morgan fingerprint density at radius 3 is 2.75 bits per heavy atom. The van der Waals surface area contributed by atoms with Crippen molar-refractivity contribution >= 4 is 34.0 Å². The van der Waals surface area contributed by atoms with E-state index in [1.807, 2.05) is 0 Å². The minimum Gasteiger partial charge on any atom is -0.397 e. The number of hydrogen-bond acceptors (Lipinski definition) is 2. The molecule has 1 heterocycles. The Morgan fingerprint density at radius 2 is 2.06 bits per heavy atom. The molecule has 1 aliphatic rings. The van der Waals surface area contributed by atoms with E-state index in [0.717, 1.165) is 18.2 Å². The minimum absolute atomic E-state index is 0.610. The molecule has 2 rings (SSSR count). The van der Waals surface area contributed by atoms with Crippen molar-refractivity contribution in [3.63, 3.8) is 0 Å². The smallest absolute Gasteiger partial charge is 0.0603 e. The average molecular weight is 330 g/mol. The van der Waals surface area contributed by atoms with Gasteiger partial charge >= 0.3 is 0 Å². The summed E-state index contributed by atoms with van der Waals surface area (Å²) >= 11 is 2.30. The quantitative estimate of drug-likeness (QED) is 0.631. The third kappa shape index (κ3) is 2.44. The van der Waals surface area contributed by atoms with Crippen LogP contribution in [0.15, 0.2) is 18.2 Å². The second-order valence-electron chi connectivity index (χ2n) is 4.89. The Bertz CT molecular complexity index is 378. The molecule has 1 fully saturated rings. The van der Waals surface area contributed by atoms with Crippen LogP contribution in [0.25, 0.3) is 0 Å². The van der Waals surface area contributed by atoms with Crippen molar-refractivity contribution in [2.75, 3.05) is 17.2 Å². The fourth-order valence-corrected chi connectivity index (χ4v) is 2.93. The van der Waals surface area contributed by atoms with Gasteiger partial charge in [0.25, 0.3) is 0 Å². The SMILES string of the molecule is CC1CCC(C)N(c2ccc(I)cc2N)C1. The molecule has 1 aromatic carbocycles. The fraction of sp³-hybridized carbons (Fsp3) is 0.538. The maximum absolute atomic E-state index is 6.11. The van der Waals surface area contributed by atoms with Crippen LogP contribution < -0.4 is 10.6 Å². The van der Waals surface area contributed by atoms with Crippen LogP contribution >= 0.6 is 22.6 Å². The van der Waals surface area contributed by atoms with Crippen molar-refractivity contribution in [1.29, 1.82) is 0 Å². The van der Waals surface area contributed by atoms with Gasteiger partial charge in [-0.2, -0.15) is 0 Å². The van der Waals surface area contributed by atoms with Gasteiger partial charge in [0.05, 0.1) is 11.4 Å². The Labute approximate surface area is 111 Å². The van der Waals surface area contributed by atoms with E-state index in [4.69, 9.17) is 5.73 Å². The van der Waals surface area contributed by atoms with Crippen LogP contribution in [0.2, 0.25) is 0 Å². The van der Waals surface area contributed by atoms with E-state index in [1.54, 1.807) is 0 Å². The molecule has 0 saturated carbocycles. The lowest BCUT2D eigenvalue weighted by Crippen LogP contribution is -2.41. The van der Waals surface area contributed by atoms with E-state index < -0.39 is 0 Å². The zero-order chi connectivity index (χ0) is 11.7. The van der Waals surface area contributed by atoms with Crippen molar-refractivity contribution in [2.45, 2.75) is 32.7 Å². The van der Waals surface area contributed by atoms with Gasteiger partial charge in [0.2, 0.25) is 0 Å². The number of hydrogen-bond donors (Lipinski definition) is 1. The summed E-state index contributed by atoms with van der Waals surface area (Å²) in [5.41, 5.74) is 8.23. The highest BCUT2D eigenvalue weighted by Crippen LogP contribution is 2.32. The van der Waals surface area contributed by atoms with Crippen LogP contribution in [0, 0.1) is 9.49 Å². The van der Waals surface area contributed by atoms with Crippen LogP contribution in [0.4, 0.5) is 11.4 Å². The summed E-state index contributed by atoms with van der Waals surface area (Å²) in [4.78, 5) is 2.46. The Morgan fingerprint density at radius 1 is 1.31 bits per heavy atom. The number of nitrogen functional groups attached to an aromatic ring is 1. The Kier molecular flexibility index (Phi) is 3.62. The van der Waals surface area contributed by atoms with E-state index in [1.165, 1.54) is 22.1 Å². The third-order valence-electron chi connectivity index (χ3n) is 3.42. The monoisotopic (exact) mass is 330 g/mol. The van der Waals surface area contributed by atoms with Gasteiger partial charge in [-0.15, -0.1) is 0 Å². The molecule has 2 nitrogen and oxygen atoms in total. The Hall–Kier alpha value is -0.450. The summed E-state index contributed by atoms with van der Waals surface area (Å²) in [5.74, 6) is 0.773. The van der Waals surface area contributed by atoms with Crippen molar-refractivity contribution in [3.05, 3.63) is 21.8 Å². The van der Waals surface area contributed by atoms with Gasteiger partial charge < -0.3 is 10.6 Å². The van der Waals surface area contributed by atoms with E-state index in [9.17, 15) is 0 Å². The van der Waals surface area contributed by atoms with E-state index in [-0.39, 0.29) is 0 Å². The van der Waals surface area contributed by atoms with Crippen LogP contribution in [0.5, 0.6) is 0 Å². The summed E-state index contributed by atoms with van der Waals surface area (Å²) in [7, 11) is 0. The number of nitrogens with zero attached hydrogens (tertiary/aromatic N) is 1. The molecule has 0 spiro atoms. The lowest BCUT2D eigenvalue weighted by Gasteiger charge is -2.39. The standard InChI is InChI=1S/C13H19IN2/c1-9-3-4-10(2)16(8-9)13-6-5-11(14)7-12(13)15/h5-7,9-10H,3-4,8,15H2,1-2H3. The molecule has 16 heavy (non-hydrogen) atoms. The largest absolute Gasteiger partial charge is 0.397 e. The zero-order valence-corrected chi connectivity index (χ0v) is 12.1. The highest BCUT2D eigenvalue weighted by Gasteiger charge is 2.24. The number of halogens is 1. The molecule has 0 bridgehead atoms. The highest BCUT2D eigenvalue weighted by atomic mass is 127. The van der Waals surface area contributed by atoms with Crippen molar-refractivity contribution < 1.29 is 0 Å². The van der Waals surface area contributed by atoms with E-state index >= 15 is 0 Å². The minimum atomic E-state index is 0.610. The lowest BCUT2D eigenvalue weighted by molar-refractivity contribution is 0.390. The van der Waals surface area contributed by atoms with Crippen LogP contribution in [-0.2, 0) is 0 Å². The topological polar surface area (TPSA) is 29.3 Å². The summed E-state index contributed by atoms with van der Waals surface area (Å²) < 4.78 is 1.21. The molecule has 1 saturated heterocycles. The van der Waals surface area contributed by atoms with Gasteiger partial charge in [-0.3, -0.25) is 0 Å². The van der Waals surface area contributed by atoms with Gasteiger partial charge in [-0.25, -0.2) is 0 Å². The van der Waals surface area contributed by atoms with Crippen molar-refractivity contribution in [1.82, 2.24) is 0 Å². The van der Waals surface area contributed by atoms with Gasteiger partial charge in [0.1, 0.15) is 0 Å². The highest BCUT2D eigenvalue weighted by molar-refractivity contribution is 14.1. The molecule has 88 valence electrons. The zero-order valence-electron chi connectivity index (χ0n) is 9.91. The first-order chi connectivity index (χ1) is 7.58. The molecule has 2 N–H and O–H groups in total. The molecular formula is C13H19IN2. The summed E-state index contributed by atoms with van der Waals surface area (Å²) in [6.07, 6.45) is 2.61. The van der Waals surface area contributed by atoms with Crippen LogP contribution in [0.1, 0.15) is 26.7 Å². The first-order valence-corrected chi connectivity index (χ1v) is 6.97. The lowest BCUT2D eigenvalue weighted by atomic mass is 9.94. The number of piperidine rings is 1. The molecule has 0 aromatic heterocycles. The maximum atomic E-state index is 6.11. The summed E-state index contributed by atoms with van der Waals surface area (Å²) in [5, 5.41) is 0. The van der Waals surface area contributed by atoms with Crippen LogP contribution in [-0.4, -0.2) is 12.6 Å². The predicted octanol–water partition coefficient (Wildman–Crippen LogP) is 3.50. The van der Waals surface area contributed by atoms with Gasteiger partial charge in [-0.1, -0.05) is 6.92 Å². The van der Waals surface area contributed by atoms with Crippen LogP contribution in [0.3, 0.4) is 0 Å². The number of benzene rings is 1. The summed E-state index contributed by atoms with van der Waals surface area (Å²) in [6.45, 7) is 5.75. The van der Waals surface area contributed by atoms with Gasteiger partial charge in [-0.05, 0) is 66.5 Å².